The number of benzene rings is 1. The lowest BCUT2D eigenvalue weighted by molar-refractivity contribution is -0.127. The number of hydrogen-bond donors (Lipinski definition) is 3. The van der Waals surface area contributed by atoms with Gasteiger partial charge in [-0.1, -0.05) is 39.3 Å². The van der Waals surface area contributed by atoms with Crippen molar-refractivity contribution in [3.63, 3.8) is 0 Å². The number of carbonyl (C=O) groups is 2. The lowest BCUT2D eigenvalue weighted by Crippen LogP contribution is -2.64. The van der Waals surface area contributed by atoms with Crippen molar-refractivity contribution in [1.29, 1.82) is 0 Å². The van der Waals surface area contributed by atoms with Gasteiger partial charge in [0.2, 0.25) is 11.8 Å². The van der Waals surface area contributed by atoms with Gasteiger partial charge in [-0.15, -0.1) is 0 Å². The highest BCUT2D eigenvalue weighted by Crippen LogP contribution is 2.32. The van der Waals surface area contributed by atoms with Crippen molar-refractivity contribution in [3.8, 4) is 0 Å². The van der Waals surface area contributed by atoms with Gasteiger partial charge < -0.3 is 21.1 Å². The highest BCUT2D eigenvalue weighted by molar-refractivity contribution is 6.33. The minimum absolute atomic E-state index is 0.0519. The van der Waals surface area contributed by atoms with E-state index in [1.807, 2.05) is 46.4 Å². The molecule has 1 aliphatic heterocycles. The fraction of sp³-hybridized carbons (Fsp3) is 0.680. The summed E-state index contributed by atoms with van der Waals surface area (Å²) in [4.78, 5) is 29.1. The van der Waals surface area contributed by atoms with Gasteiger partial charge in [-0.3, -0.25) is 14.5 Å². The predicted octanol–water partition coefficient (Wildman–Crippen LogP) is 3.03. The van der Waals surface area contributed by atoms with E-state index in [-0.39, 0.29) is 41.6 Å². The molecule has 1 aromatic carbocycles. The molecule has 4 N–H and O–H groups in total. The summed E-state index contributed by atoms with van der Waals surface area (Å²) in [6.07, 6.45) is -0.643. The van der Waals surface area contributed by atoms with E-state index in [2.05, 4.69) is 5.32 Å². The number of aliphatic hydroxyl groups excluding tert-OH is 1. The van der Waals surface area contributed by atoms with Crippen LogP contribution in [0, 0.1) is 23.6 Å². The van der Waals surface area contributed by atoms with E-state index < -0.39 is 23.5 Å². The zero-order valence-electron chi connectivity index (χ0n) is 21.1. The van der Waals surface area contributed by atoms with Crippen molar-refractivity contribution in [3.05, 3.63) is 29.0 Å². The van der Waals surface area contributed by atoms with Crippen LogP contribution in [0.5, 0.6) is 0 Å². The van der Waals surface area contributed by atoms with Gasteiger partial charge in [0.25, 0.3) is 0 Å². The second-order valence-electron chi connectivity index (χ2n) is 10.7. The van der Waals surface area contributed by atoms with Crippen LogP contribution in [-0.4, -0.2) is 65.7 Å². The van der Waals surface area contributed by atoms with Crippen LogP contribution < -0.4 is 16.0 Å². The molecule has 34 heavy (non-hydrogen) atoms. The van der Waals surface area contributed by atoms with Crippen LogP contribution in [0.15, 0.2) is 18.2 Å². The monoisotopic (exact) mass is 498 g/mol. The molecular weight excluding hydrogens is 459 g/mol. The average molecular weight is 499 g/mol. The van der Waals surface area contributed by atoms with Crippen molar-refractivity contribution in [2.45, 2.75) is 65.6 Å². The quantitative estimate of drug-likeness (QED) is 0.460. The molecule has 1 saturated heterocycles. The molecule has 0 bridgehead atoms. The summed E-state index contributed by atoms with van der Waals surface area (Å²) in [5.74, 6) is -0.676. The zero-order chi connectivity index (χ0) is 25.8. The summed E-state index contributed by atoms with van der Waals surface area (Å²) in [6.45, 7) is 13.3. The first kappa shape index (κ1) is 28.5. The van der Waals surface area contributed by atoms with Gasteiger partial charge in [0.15, 0.2) is 0 Å². The topological polar surface area (TPSA) is 98.9 Å². The molecule has 0 aromatic heterocycles. The number of rotatable bonds is 10. The molecule has 0 saturated carbocycles. The Morgan fingerprint density at radius 1 is 1.29 bits per heavy atom. The van der Waals surface area contributed by atoms with Gasteiger partial charge >= 0.3 is 0 Å². The Morgan fingerprint density at radius 2 is 1.94 bits per heavy atom. The lowest BCUT2D eigenvalue weighted by Gasteiger charge is -2.47. The number of nitrogens with zero attached hydrogens (tertiary/aromatic N) is 2. The van der Waals surface area contributed by atoms with E-state index >= 15 is 0 Å². The van der Waals surface area contributed by atoms with Crippen LogP contribution in [0.2, 0.25) is 5.02 Å². The molecule has 1 fully saturated rings. The summed E-state index contributed by atoms with van der Waals surface area (Å²) < 4.78 is 13.5. The number of amides is 2. The van der Waals surface area contributed by atoms with Crippen molar-refractivity contribution in [1.82, 2.24) is 10.2 Å². The molecule has 9 heteroatoms. The third kappa shape index (κ3) is 7.38. The minimum atomic E-state index is -0.896. The van der Waals surface area contributed by atoms with Gasteiger partial charge in [-0.2, -0.15) is 0 Å². The highest BCUT2D eigenvalue weighted by atomic mass is 35.5. The third-order valence-electron chi connectivity index (χ3n) is 6.48. The van der Waals surface area contributed by atoms with Crippen LogP contribution in [0.1, 0.15) is 48.0 Å². The number of hydrogen-bond acceptors (Lipinski definition) is 5. The van der Waals surface area contributed by atoms with Crippen LogP contribution in [-0.2, 0) is 9.59 Å². The van der Waals surface area contributed by atoms with Gasteiger partial charge in [0.05, 0.1) is 23.4 Å². The number of carbonyl (C=O) groups excluding carboxylic acids is 2. The second kappa shape index (κ2) is 11.8. The van der Waals surface area contributed by atoms with E-state index in [0.717, 1.165) is 0 Å². The Morgan fingerprint density at radius 3 is 2.50 bits per heavy atom. The fourth-order valence-electron chi connectivity index (χ4n) is 4.20. The van der Waals surface area contributed by atoms with Gasteiger partial charge in [-0.05, 0) is 50.3 Å². The SMILES string of the molecule is CC(C)CNC(=O)[C@@H](C[C@H](O)[C@@H](N)CN1CC(=O)N(c2ccc(F)cc2Cl)CC1(C)C)C(C)C. The van der Waals surface area contributed by atoms with Crippen molar-refractivity contribution < 1.29 is 19.1 Å². The molecule has 3 atom stereocenters. The van der Waals surface area contributed by atoms with E-state index in [1.165, 1.54) is 18.2 Å². The second-order valence-corrected chi connectivity index (χ2v) is 11.1. The summed E-state index contributed by atoms with van der Waals surface area (Å²) >= 11 is 6.19. The van der Waals surface area contributed by atoms with Crippen molar-refractivity contribution in [2.24, 2.45) is 23.5 Å². The molecule has 0 unspecified atom stereocenters. The molecule has 7 nitrogen and oxygen atoms in total. The summed E-state index contributed by atoms with van der Waals surface area (Å²) in [5.41, 5.74) is 6.37. The summed E-state index contributed by atoms with van der Waals surface area (Å²) in [6, 6.07) is 3.35. The molecule has 2 rings (SSSR count). The highest BCUT2D eigenvalue weighted by Gasteiger charge is 2.40. The Kier molecular flexibility index (Phi) is 9.89. The van der Waals surface area contributed by atoms with E-state index in [1.54, 1.807) is 4.90 Å². The number of nitrogens with one attached hydrogen (secondary N) is 1. The first-order valence-electron chi connectivity index (χ1n) is 11.9. The Balaban J connectivity index is 2.05. The Hall–Kier alpha value is -1.74. The first-order chi connectivity index (χ1) is 15.7. The molecule has 192 valence electrons. The number of anilines is 1. The van der Waals surface area contributed by atoms with Crippen molar-refractivity contribution in [2.75, 3.05) is 31.1 Å². The maximum absolute atomic E-state index is 13.5. The van der Waals surface area contributed by atoms with Gasteiger partial charge in [0, 0.05) is 37.1 Å². The smallest absolute Gasteiger partial charge is 0.241 e. The van der Waals surface area contributed by atoms with Crippen LogP contribution in [0.4, 0.5) is 10.1 Å². The molecule has 0 spiro atoms. The predicted molar refractivity (Wildman–Crippen MR) is 134 cm³/mol. The molecule has 0 radical (unpaired) electrons. The van der Waals surface area contributed by atoms with Crippen LogP contribution in [0.3, 0.4) is 0 Å². The largest absolute Gasteiger partial charge is 0.391 e. The van der Waals surface area contributed by atoms with Gasteiger partial charge in [0.1, 0.15) is 5.82 Å². The van der Waals surface area contributed by atoms with Crippen molar-refractivity contribution >= 4 is 29.1 Å². The molecule has 1 heterocycles. The number of halogens is 2. The lowest BCUT2D eigenvalue weighted by atomic mass is 9.86. The van der Waals surface area contributed by atoms with E-state index in [0.29, 0.717) is 31.2 Å². The number of piperazine rings is 1. The molecule has 1 aromatic rings. The molecule has 0 aliphatic carbocycles. The minimum Gasteiger partial charge on any atom is -0.391 e. The third-order valence-corrected chi connectivity index (χ3v) is 6.78. The zero-order valence-corrected chi connectivity index (χ0v) is 21.9. The molecule has 1 aliphatic rings. The van der Waals surface area contributed by atoms with Gasteiger partial charge in [-0.25, -0.2) is 4.39 Å². The maximum atomic E-state index is 13.5. The Bertz CT molecular complexity index is 865. The molecule has 2 amide bonds. The van der Waals surface area contributed by atoms with Crippen LogP contribution >= 0.6 is 11.6 Å². The maximum Gasteiger partial charge on any atom is 0.241 e. The fourth-order valence-corrected chi connectivity index (χ4v) is 4.47. The van der Waals surface area contributed by atoms with E-state index in [9.17, 15) is 19.1 Å². The summed E-state index contributed by atoms with van der Waals surface area (Å²) in [5, 5.41) is 14.0. The number of aliphatic hydroxyl groups is 1. The number of nitrogens with two attached hydrogens (primary N) is 1. The molecular formula is C25H40ClFN4O3. The first-order valence-corrected chi connectivity index (χ1v) is 12.3. The van der Waals surface area contributed by atoms with Crippen LogP contribution in [0.25, 0.3) is 0 Å². The Labute approximate surface area is 207 Å². The normalized spacial score (nSPS) is 19.4. The summed E-state index contributed by atoms with van der Waals surface area (Å²) in [7, 11) is 0. The standard InChI is InChI=1S/C25H40ClFN4O3/c1-15(2)11-29-24(34)18(16(3)4)10-22(32)20(28)12-30-13-23(33)31(14-25(30,5)6)21-8-7-17(27)9-19(21)26/h7-9,15-16,18,20,22,32H,10-14,28H2,1-6H3,(H,29,34)/t18-,20-,22-/m0/s1. The van der Waals surface area contributed by atoms with E-state index in [4.69, 9.17) is 17.3 Å². The average Bonchev–Trinajstić information content (AvgIpc) is 2.72.